The monoisotopic (exact) mass is 275 g/mol. The Bertz CT molecular complexity index is 391. The van der Waals surface area contributed by atoms with Gasteiger partial charge in [-0.2, -0.15) is 0 Å². The van der Waals surface area contributed by atoms with E-state index < -0.39 is 0 Å². The average Bonchev–Trinajstić information content (AvgIpc) is 2.56. The molecule has 0 aliphatic carbocycles. The lowest BCUT2D eigenvalue weighted by atomic mass is 9.99. The quantitative estimate of drug-likeness (QED) is 0.829. The van der Waals surface area contributed by atoms with Crippen molar-refractivity contribution in [2.75, 3.05) is 26.2 Å². The van der Waals surface area contributed by atoms with E-state index in [9.17, 15) is 4.79 Å². The van der Waals surface area contributed by atoms with Gasteiger partial charge in [-0.15, -0.1) is 0 Å². The zero-order chi connectivity index (χ0) is 13.8. The molecule has 1 N–H and O–H groups in total. The Morgan fingerprint density at radius 2 is 1.75 bits per heavy atom. The van der Waals surface area contributed by atoms with Crippen LogP contribution in [0.3, 0.4) is 0 Å². The number of allylic oxidation sites excluding steroid dienone is 2. The van der Waals surface area contributed by atoms with Crippen molar-refractivity contribution in [3.8, 4) is 0 Å². The lowest BCUT2D eigenvalue weighted by Crippen LogP contribution is -2.51. The van der Waals surface area contributed by atoms with Crippen LogP contribution in [0.25, 0.3) is 0 Å². The van der Waals surface area contributed by atoms with Gasteiger partial charge in [0.05, 0.1) is 0 Å². The topological polar surface area (TPSA) is 35.6 Å². The van der Waals surface area contributed by atoms with Gasteiger partial charge in [0.2, 0.25) is 5.91 Å². The molecule has 0 aromatic rings. The number of nitrogens with zero attached hydrogens (tertiary/aromatic N) is 2. The molecule has 0 radical (unpaired) electrons. The highest BCUT2D eigenvalue weighted by molar-refractivity contribution is 5.84. The molecule has 3 rings (SSSR count). The molecule has 0 bridgehead atoms. The van der Waals surface area contributed by atoms with Gasteiger partial charge in [-0.05, 0) is 51.0 Å². The van der Waals surface area contributed by atoms with Crippen LogP contribution >= 0.6 is 0 Å². The van der Waals surface area contributed by atoms with Gasteiger partial charge in [0, 0.05) is 19.1 Å². The van der Waals surface area contributed by atoms with Crippen molar-refractivity contribution in [1.29, 1.82) is 0 Å². The van der Waals surface area contributed by atoms with E-state index in [1.165, 1.54) is 32.4 Å². The molecule has 0 aromatic carbocycles. The predicted octanol–water partition coefficient (Wildman–Crippen LogP) is 1.50. The highest BCUT2D eigenvalue weighted by Crippen LogP contribution is 2.21. The van der Waals surface area contributed by atoms with Crippen molar-refractivity contribution in [2.24, 2.45) is 0 Å². The summed E-state index contributed by atoms with van der Waals surface area (Å²) in [6.07, 6.45) is 14.0. The third kappa shape index (κ3) is 3.06. The van der Waals surface area contributed by atoms with Crippen molar-refractivity contribution in [3.63, 3.8) is 0 Å². The molecule has 20 heavy (non-hydrogen) atoms. The highest BCUT2D eigenvalue weighted by Gasteiger charge is 2.29. The Hall–Kier alpha value is -1.29. The summed E-state index contributed by atoms with van der Waals surface area (Å²) >= 11 is 0. The van der Waals surface area contributed by atoms with Crippen molar-refractivity contribution in [1.82, 2.24) is 15.1 Å². The second kappa shape index (κ2) is 6.44. The van der Waals surface area contributed by atoms with Crippen molar-refractivity contribution in [3.05, 3.63) is 24.4 Å². The molecular weight excluding hydrogens is 250 g/mol. The molecule has 3 aliphatic heterocycles. The maximum absolute atomic E-state index is 12.4. The predicted molar refractivity (Wildman–Crippen MR) is 80.2 cm³/mol. The number of carbonyl (C=O) groups is 1. The number of hydrogen-bond acceptors (Lipinski definition) is 3. The Morgan fingerprint density at radius 3 is 2.40 bits per heavy atom. The van der Waals surface area contributed by atoms with Crippen LogP contribution in [0.1, 0.15) is 32.1 Å². The Labute approximate surface area is 121 Å². The molecular formula is C16H25N3O. The number of dihydropyridines is 1. The van der Waals surface area contributed by atoms with Crippen LogP contribution in [0.2, 0.25) is 0 Å². The lowest BCUT2D eigenvalue weighted by molar-refractivity contribution is -0.133. The normalized spacial score (nSPS) is 28.4. The average molecular weight is 275 g/mol. The van der Waals surface area contributed by atoms with Crippen LogP contribution in [0.4, 0.5) is 0 Å². The van der Waals surface area contributed by atoms with E-state index in [0.717, 1.165) is 25.9 Å². The van der Waals surface area contributed by atoms with Crippen molar-refractivity contribution < 1.29 is 4.79 Å². The maximum Gasteiger partial charge on any atom is 0.249 e. The first-order valence-electron chi connectivity index (χ1n) is 7.97. The van der Waals surface area contributed by atoms with E-state index in [2.05, 4.69) is 10.2 Å². The summed E-state index contributed by atoms with van der Waals surface area (Å²) in [6, 6.07) is 0.542. The lowest BCUT2D eigenvalue weighted by Gasteiger charge is -2.40. The number of piperidine rings is 2. The van der Waals surface area contributed by atoms with E-state index in [0.29, 0.717) is 6.04 Å². The SMILES string of the molecule is O=C(C1C=CC=CN1)N1CCC(N2CCCCC2)CC1. The molecule has 1 amide bonds. The van der Waals surface area contributed by atoms with Gasteiger partial charge in [0.15, 0.2) is 0 Å². The van der Waals surface area contributed by atoms with Gasteiger partial charge in [-0.3, -0.25) is 4.79 Å². The zero-order valence-electron chi connectivity index (χ0n) is 12.1. The summed E-state index contributed by atoms with van der Waals surface area (Å²) in [6.45, 7) is 4.35. The molecule has 4 heteroatoms. The summed E-state index contributed by atoms with van der Waals surface area (Å²) in [5, 5.41) is 3.12. The Morgan fingerprint density at radius 1 is 1.00 bits per heavy atom. The fourth-order valence-electron chi connectivity index (χ4n) is 3.53. The van der Waals surface area contributed by atoms with Gasteiger partial charge in [0.25, 0.3) is 0 Å². The standard InChI is InChI=1S/C16H25N3O/c20-16(15-6-2-3-9-17-15)19-12-7-14(8-13-19)18-10-4-1-5-11-18/h2-3,6,9,14-15,17H,1,4-5,7-8,10-13H2. The molecule has 3 aliphatic rings. The minimum atomic E-state index is -0.161. The molecule has 0 aromatic heterocycles. The molecule has 1 atom stereocenters. The molecule has 3 heterocycles. The first kappa shape index (κ1) is 13.7. The van der Waals surface area contributed by atoms with Gasteiger partial charge >= 0.3 is 0 Å². The van der Waals surface area contributed by atoms with E-state index in [4.69, 9.17) is 0 Å². The molecule has 1 unspecified atom stereocenters. The third-order valence-electron chi connectivity index (χ3n) is 4.74. The molecule has 4 nitrogen and oxygen atoms in total. The van der Waals surface area contributed by atoms with Crippen LogP contribution in [0.15, 0.2) is 24.4 Å². The van der Waals surface area contributed by atoms with Crippen LogP contribution in [0, 0.1) is 0 Å². The first-order chi connectivity index (χ1) is 9.84. The van der Waals surface area contributed by atoms with Crippen LogP contribution in [-0.2, 0) is 4.79 Å². The number of nitrogens with one attached hydrogen (secondary N) is 1. The number of hydrogen-bond donors (Lipinski definition) is 1. The fourth-order valence-corrected chi connectivity index (χ4v) is 3.53. The van der Waals surface area contributed by atoms with E-state index in [1.54, 1.807) is 0 Å². The third-order valence-corrected chi connectivity index (χ3v) is 4.74. The van der Waals surface area contributed by atoms with Gasteiger partial charge in [-0.1, -0.05) is 18.6 Å². The second-order valence-corrected chi connectivity index (χ2v) is 6.04. The molecule has 2 fully saturated rings. The number of likely N-dealkylation sites (tertiary alicyclic amines) is 2. The van der Waals surface area contributed by atoms with Crippen molar-refractivity contribution in [2.45, 2.75) is 44.2 Å². The summed E-state index contributed by atoms with van der Waals surface area (Å²) in [4.78, 5) is 17.1. The van der Waals surface area contributed by atoms with Crippen molar-refractivity contribution >= 4 is 5.91 Å². The number of rotatable bonds is 2. The van der Waals surface area contributed by atoms with E-state index in [-0.39, 0.29) is 11.9 Å². The van der Waals surface area contributed by atoms with Gasteiger partial charge in [-0.25, -0.2) is 0 Å². The highest BCUT2D eigenvalue weighted by atomic mass is 16.2. The summed E-state index contributed by atoms with van der Waals surface area (Å²) in [7, 11) is 0. The molecule has 2 saturated heterocycles. The summed E-state index contributed by atoms with van der Waals surface area (Å²) in [5.74, 6) is 0.225. The smallest absolute Gasteiger partial charge is 0.249 e. The number of carbonyl (C=O) groups excluding carboxylic acids is 1. The summed E-state index contributed by atoms with van der Waals surface area (Å²) < 4.78 is 0. The fraction of sp³-hybridized carbons (Fsp3) is 0.688. The zero-order valence-corrected chi connectivity index (χ0v) is 12.1. The molecule has 110 valence electrons. The van der Waals surface area contributed by atoms with Crippen LogP contribution < -0.4 is 5.32 Å². The second-order valence-electron chi connectivity index (χ2n) is 6.04. The molecule has 0 saturated carbocycles. The van der Waals surface area contributed by atoms with Crippen LogP contribution in [0.5, 0.6) is 0 Å². The Kier molecular flexibility index (Phi) is 4.41. The maximum atomic E-state index is 12.4. The Balaban J connectivity index is 1.49. The largest absolute Gasteiger partial charge is 0.377 e. The van der Waals surface area contributed by atoms with E-state index in [1.807, 2.05) is 29.3 Å². The van der Waals surface area contributed by atoms with Crippen LogP contribution in [-0.4, -0.2) is 54.0 Å². The minimum Gasteiger partial charge on any atom is -0.377 e. The van der Waals surface area contributed by atoms with Gasteiger partial charge in [0.1, 0.15) is 6.04 Å². The van der Waals surface area contributed by atoms with Gasteiger partial charge < -0.3 is 15.1 Å². The summed E-state index contributed by atoms with van der Waals surface area (Å²) in [5.41, 5.74) is 0. The van der Waals surface area contributed by atoms with E-state index >= 15 is 0 Å². The molecule has 0 spiro atoms. The first-order valence-corrected chi connectivity index (χ1v) is 7.97. The number of amides is 1. The minimum absolute atomic E-state index is 0.161.